The maximum absolute atomic E-state index is 11.2. The molecule has 4 atom stereocenters. The van der Waals surface area contributed by atoms with Gasteiger partial charge in [0.25, 0.3) is 0 Å². The molecule has 0 radical (unpaired) electrons. The molecule has 0 unspecified atom stereocenters. The van der Waals surface area contributed by atoms with Crippen LogP contribution in [0.4, 0.5) is 0 Å². The molecule has 0 aromatic heterocycles. The van der Waals surface area contributed by atoms with Crippen LogP contribution in [0.15, 0.2) is 0 Å². The number of unbranched alkanes of at least 4 members (excludes halogenated alkanes) is 8. The summed E-state index contributed by atoms with van der Waals surface area (Å²) in [7, 11) is 0. The number of ketones is 1. The van der Waals surface area contributed by atoms with Crippen molar-refractivity contribution in [1.82, 2.24) is 0 Å². The summed E-state index contributed by atoms with van der Waals surface area (Å²) in [6, 6.07) is 0. The molecule has 0 aliphatic carbocycles. The molecule has 158 valence electrons. The second-order valence-electron chi connectivity index (χ2n) is 7.47. The number of carboxylic acids is 1. The van der Waals surface area contributed by atoms with E-state index in [0.29, 0.717) is 13.0 Å². The van der Waals surface area contributed by atoms with Crippen LogP contribution in [0, 0.1) is 0 Å². The predicted octanol–water partition coefficient (Wildman–Crippen LogP) is 1.47. The molecule has 0 spiro atoms. The van der Waals surface area contributed by atoms with Crippen molar-refractivity contribution < 1.29 is 34.4 Å². The van der Waals surface area contributed by atoms with Crippen molar-refractivity contribution in [1.29, 1.82) is 0 Å². The van der Waals surface area contributed by atoms with E-state index in [9.17, 15) is 24.9 Å². The van der Waals surface area contributed by atoms with Crippen LogP contribution in [0.5, 0.6) is 0 Å². The topological polar surface area (TPSA) is 116 Å². The number of rotatable bonds is 15. The Labute approximate surface area is 162 Å². The van der Waals surface area contributed by atoms with Gasteiger partial charge in [0.2, 0.25) is 0 Å². The SMILES string of the molecule is C[C@@H]1O[C@@H](OCCCCCCCCCCCC(=O)CC(=O)[O-])[C@H](O)C[C@H]1O. The van der Waals surface area contributed by atoms with E-state index < -0.39 is 30.9 Å². The van der Waals surface area contributed by atoms with Gasteiger partial charge in [0.15, 0.2) is 6.29 Å². The summed E-state index contributed by atoms with van der Waals surface area (Å²) >= 11 is 0. The zero-order chi connectivity index (χ0) is 20.1. The Morgan fingerprint density at radius 3 is 2.11 bits per heavy atom. The fourth-order valence-corrected chi connectivity index (χ4v) is 3.20. The molecular weight excluding hydrogens is 352 g/mol. The van der Waals surface area contributed by atoms with Gasteiger partial charge in [-0.3, -0.25) is 4.79 Å². The quantitative estimate of drug-likeness (QED) is 0.323. The lowest BCUT2D eigenvalue weighted by atomic mass is 10.0. The molecule has 1 rings (SSSR count). The van der Waals surface area contributed by atoms with E-state index in [0.717, 1.165) is 57.8 Å². The van der Waals surface area contributed by atoms with Crippen LogP contribution in [0.25, 0.3) is 0 Å². The molecular formula is C20H35O7-. The predicted molar refractivity (Wildman–Crippen MR) is 97.7 cm³/mol. The maximum Gasteiger partial charge on any atom is 0.183 e. The van der Waals surface area contributed by atoms with Gasteiger partial charge in [-0.15, -0.1) is 0 Å². The van der Waals surface area contributed by atoms with Crippen LogP contribution in [0.1, 0.15) is 84.0 Å². The smallest absolute Gasteiger partial charge is 0.183 e. The van der Waals surface area contributed by atoms with Crippen LogP contribution in [0.3, 0.4) is 0 Å². The molecule has 1 saturated heterocycles. The third-order valence-electron chi connectivity index (χ3n) is 4.91. The first-order valence-corrected chi connectivity index (χ1v) is 10.2. The van der Waals surface area contributed by atoms with E-state index in [1.165, 1.54) is 0 Å². The van der Waals surface area contributed by atoms with E-state index >= 15 is 0 Å². The van der Waals surface area contributed by atoms with E-state index in [1.54, 1.807) is 6.92 Å². The molecule has 0 saturated carbocycles. The molecule has 1 aliphatic rings. The van der Waals surface area contributed by atoms with Gasteiger partial charge >= 0.3 is 0 Å². The minimum absolute atomic E-state index is 0.242. The first kappa shape index (κ1) is 24.0. The number of hydrogen-bond donors (Lipinski definition) is 2. The lowest BCUT2D eigenvalue weighted by Gasteiger charge is -2.35. The first-order chi connectivity index (χ1) is 12.9. The Balaban J connectivity index is 1.85. The van der Waals surface area contributed by atoms with Crippen molar-refractivity contribution in [3.8, 4) is 0 Å². The third-order valence-corrected chi connectivity index (χ3v) is 4.91. The highest BCUT2D eigenvalue weighted by Gasteiger charge is 2.34. The zero-order valence-electron chi connectivity index (χ0n) is 16.4. The van der Waals surface area contributed by atoms with Gasteiger partial charge in [0.1, 0.15) is 11.9 Å². The van der Waals surface area contributed by atoms with E-state index in [-0.39, 0.29) is 18.3 Å². The van der Waals surface area contributed by atoms with Gasteiger partial charge in [-0.1, -0.05) is 44.9 Å². The fraction of sp³-hybridized carbons (Fsp3) is 0.900. The van der Waals surface area contributed by atoms with Gasteiger partial charge in [0, 0.05) is 31.8 Å². The summed E-state index contributed by atoms with van der Waals surface area (Å²) in [5, 5.41) is 29.7. The highest BCUT2D eigenvalue weighted by molar-refractivity contribution is 5.93. The number of carbonyl (C=O) groups is 2. The normalized spacial score (nSPS) is 25.4. The Hall–Kier alpha value is -1.02. The Kier molecular flexibility index (Phi) is 12.5. The Morgan fingerprint density at radius 1 is 0.963 bits per heavy atom. The molecule has 0 bridgehead atoms. The molecule has 0 amide bonds. The standard InChI is InChI=1S/C20H36O7/c1-15-17(22)14-18(23)20(27-15)26-12-10-8-6-4-2-3-5-7-9-11-16(21)13-19(24)25/h15,17-18,20,22-23H,2-14H2,1H3,(H,24,25)/p-1/t15-,17+,18+,20+/m0/s1. The molecule has 1 aliphatic heterocycles. The van der Waals surface area contributed by atoms with Crippen molar-refractivity contribution >= 4 is 11.8 Å². The Bertz CT molecular complexity index is 427. The van der Waals surface area contributed by atoms with Gasteiger partial charge < -0.3 is 29.6 Å². The van der Waals surface area contributed by atoms with Gasteiger partial charge in [-0.05, 0) is 19.8 Å². The van der Waals surface area contributed by atoms with Crippen LogP contribution in [-0.4, -0.2) is 53.2 Å². The number of carboxylic acid groups (broad SMARTS) is 1. The molecule has 0 aromatic carbocycles. The van der Waals surface area contributed by atoms with Crippen molar-refractivity contribution in [3.63, 3.8) is 0 Å². The minimum atomic E-state index is -1.29. The summed E-state index contributed by atoms with van der Waals surface area (Å²) in [6.45, 7) is 2.32. The number of carbonyl (C=O) groups excluding carboxylic acids is 2. The average Bonchev–Trinajstić information content (AvgIpc) is 2.59. The van der Waals surface area contributed by atoms with Crippen molar-refractivity contribution in [2.45, 2.75) is 109 Å². The monoisotopic (exact) mass is 387 g/mol. The van der Waals surface area contributed by atoms with E-state index in [1.807, 2.05) is 0 Å². The lowest BCUT2D eigenvalue weighted by molar-refractivity contribution is -0.304. The first-order valence-electron chi connectivity index (χ1n) is 10.2. The number of hydrogen-bond acceptors (Lipinski definition) is 7. The Morgan fingerprint density at radius 2 is 1.52 bits per heavy atom. The van der Waals surface area contributed by atoms with Gasteiger partial charge in [0.05, 0.1) is 12.2 Å². The highest BCUT2D eigenvalue weighted by atomic mass is 16.7. The lowest BCUT2D eigenvalue weighted by Crippen LogP contribution is -2.47. The summed E-state index contributed by atoms with van der Waals surface area (Å²) in [4.78, 5) is 21.5. The fourth-order valence-electron chi connectivity index (χ4n) is 3.20. The van der Waals surface area contributed by atoms with E-state index in [2.05, 4.69) is 0 Å². The number of aliphatic hydroxyl groups is 2. The molecule has 7 nitrogen and oxygen atoms in total. The molecule has 2 N–H and O–H groups in total. The second-order valence-corrected chi connectivity index (χ2v) is 7.47. The summed E-state index contributed by atoms with van der Waals surface area (Å²) in [5.41, 5.74) is 0. The number of aliphatic hydroxyl groups excluding tert-OH is 2. The summed E-state index contributed by atoms with van der Waals surface area (Å²) in [5.74, 6) is -1.53. The molecule has 1 heterocycles. The summed E-state index contributed by atoms with van der Waals surface area (Å²) < 4.78 is 11.0. The van der Waals surface area contributed by atoms with Crippen LogP contribution < -0.4 is 5.11 Å². The molecule has 0 aromatic rings. The van der Waals surface area contributed by atoms with Crippen LogP contribution >= 0.6 is 0 Å². The third kappa shape index (κ3) is 11.4. The van der Waals surface area contributed by atoms with Crippen molar-refractivity contribution in [2.75, 3.05) is 6.61 Å². The number of ether oxygens (including phenoxy) is 2. The van der Waals surface area contributed by atoms with Crippen LogP contribution in [0.2, 0.25) is 0 Å². The number of aliphatic carboxylic acids is 1. The minimum Gasteiger partial charge on any atom is -0.550 e. The summed E-state index contributed by atoms with van der Waals surface area (Å²) in [6.07, 6.45) is 7.18. The zero-order valence-corrected chi connectivity index (χ0v) is 16.4. The molecule has 27 heavy (non-hydrogen) atoms. The van der Waals surface area contributed by atoms with Gasteiger partial charge in [-0.2, -0.15) is 0 Å². The average molecular weight is 387 g/mol. The molecule has 7 heteroatoms. The maximum atomic E-state index is 11.2. The van der Waals surface area contributed by atoms with Crippen molar-refractivity contribution in [3.05, 3.63) is 0 Å². The largest absolute Gasteiger partial charge is 0.550 e. The van der Waals surface area contributed by atoms with Crippen molar-refractivity contribution in [2.24, 2.45) is 0 Å². The van der Waals surface area contributed by atoms with Gasteiger partial charge in [-0.25, -0.2) is 0 Å². The highest BCUT2D eigenvalue weighted by Crippen LogP contribution is 2.21. The molecule has 1 fully saturated rings. The van der Waals surface area contributed by atoms with Crippen LogP contribution in [-0.2, 0) is 19.1 Å². The number of Topliss-reactive ketones (excluding diaryl/α,β-unsaturated/α-hetero) is 1. The van der Waals surface area contributed by atoms with E-state index in [4.69, 9.17) is 9.47 Å². The second kappa shape index (κ2) is 14.0.